The maximum atomic E-state index is 13.2. The van der Waals surface area contributed by atoms with Crippen LogP contribution in [0, 0.1) is 18.3 Å². The minimum atomic E-state index is -1.21. The molecule has 0 aliphatic heterocycles. The number of benzene rings is 2. The van der Waals surface area contributed by atoms with Gasteiger partial charge in [-0.3, -0.25) is 4.57 Å². The second-order valence-corrected chi connectivity index (χ2v) is 8.46. The lowest BCUT2D eigenvalue weighted by Crippen LogP contribution is -2.42. The highest BCUT2D eigenvalue weighted by Crippen LogP contribution is 2.27. The highest BCUT2D eigenvalue weighted by Gasteiger charge is 2.15. The summed E-state index contributed by atoms with van der Waals surface area (Å²) in [5, 5.41) is 21.6. The van der Waals surface area contributed by atoms with Crippen molar-refractivity contribution in [2.24, 2.45) is 0 Å². The molecular weight excluding hydrogens is 514 g/mol. The third-order valence-electron chi connectivity index (χ3n) is 5.36. The number of nitrogens with one attached hydrogen (secondary N) is 1. The maximum Gasteiger partial charge on any atom is 0.354 e. The van der Waals surface area contributed by atoms with Crippen molar-refractivity contribution in [3.05, 3.63) is 97.7 Å². The van der Waals surface area contributed by atoms with Gasteiger partial charge >= 0.3 is 17.3 Å². The van der Waals surface area contributed by atoms with Crippen LogP contribution in [0.1, 0.15) is 28.0 Å². The summed E-state index contributed by atoms with van der Waals surface area (Å²) in [6.07, 6.45) is 1.07. The molecule has 0 atom stereocenters. The molecule has 38 heavy (non-hydrogen) atoms. The summed E-state index contributed by atoms with van der Waals surface area (Å²) in [5.41, 5.74) is 0.300. The summed E-state index contributed by atoms with van der Waals surface area (Å²) in [7, 11) is 0. The van der Waals surface area contributed by atoms with Crippen LogP contribution in [-0.2, 0) is 13.1 Å². The lowest BCUT2D eigenvalue weighted by Gasteiger charge is -2.16. The van der Waals surface area contributed by atoms with Gasteiger partial charge in [0.1, 0.15) is 12.1 Å². The molecule has 0 bridgehead atoms. The molecule has 192 valence electrons. The number of carboxylic acids is 1. The number of ether oxygens (including phenoxy) is 1. The molecule has 2 N–H and O–H groups in total. The first-order chi connectivity index (χ1) is 18.2. The number of rotatable bonds is 9. The van der Waals surface area contributed by atoms with E-state index in [2.05, 4.69) is 20.3 Å². The normalized spacial score (nSPS) is 10.6. The van der Waals surface area contributed by atoms with Crippen molar-refractivity contribution in [2.75, 3.05) is 5.32 Å². The second-order valence-electron chi connectivity index (χ2n) is 8.03. The Morgan fingerprint density at radius 3 is 2.58 bits per heavy atom. The molecular formula is C25H20ClN7O5. The van der Waals surface area contributed by atoms with E-state index in [1.165, 1.54) is 10.6 Å². The summed E-state index contributed by atoms with van der Waals surface area (Å²) >= 11 is 5.98. The van der Waals surface area contributed by atoms with Crippen molar-refractivity contribution in [2.45, 2.75) is 26.4 Å². The number of aryl methyl sites for hydroxylation is 1. The molecule has 2 aromatic heterocycles. The van der Waals surface area contributed by atoms with Crippen LogP contribution in [0.3, 0.4) is 0 Å². The first-order valence-corrected chi connectivity index (χ1v) is 11.6. The van der Waals surface area contributed by atoms with Crippen LogP contribution in [-0.4, -0.2) is 35.2 Å². The summed E-state index contributed by atoms with van der Waals surface area (Å²) in [5.74, 6) is -0.733. The van der Waals surface area contributed by atoms with Gasteiger partial charge in [0.05, 0.1) is 19.0 Å². The molecule has 0 saturated heterocycles. The van der Waals surface area contributed by atoms with Crippen molar-refractivity contribution < 1.29 is 14.6 Å². The molecule has 0 spiro atoms. The van der Waals surface area contributed by atoms with Gasteiger partial charge in [0.25, 0.3) is 0 Å². The van der Waals surface area contributed by atoms with E-state index in [0.29, 0.717) is 22.0 Å². The number of aromatic nitrogens is 5. The Hall–Kier alpha value is -5.02. The Morgan fingerprint density at radius 1 is 1.13 bits per heavy atom. The zero-order chi connectivity index (χ0) is 27.2. The number of aromatic carboxylic acids is 1. The van der Waals surface area contributed by atoms with Gasteiger partial charge in [-0.05, 0) is 48.4 Å². The number of nitrogens with zero attached hydrogens (tertiary/aromatic N) is 6. The van der Waals surface area contributed by atoms with Crippen LogP contribution < -0.4 is 21.4 Å². The van der Waals surface area contributed by atoms with Crippen LogP contribution in [0.15, 0.2) is 64.4 Å². The van der Waals surface area contributed by atoms with E-state index < -0.39 is 17.3 Å². The molecule has 4 rings (SSSR count). The second kappa shape index (κ2) is 11.4. The zero-order valence-corrected chi connectivity index (χ0v) is 20.7. The van der Waals surface area contributed by atoms with Gasteiger partial charge in [-0.15, -0.1) is 0 Å². The van der Waals surface area contributed by atoms with Gasteiger partial charge in [-0.1, -0.05) is 23.7 Å². The predicted octanol–water partition coefficient (Wildman–Crippen LogP) is 3.35. The van der Waals surface area contributed by atoms with Gasteiger partial charge in [-0.25, -0.2) is 28.9 Å². The Bertz CT molecular complexity index is 1660. The van der Waals surface area contributed by atoms with Crippen LogP contribution in [0.25, 0.3) is 0 Å². The zero-order valence-electron chi connectivity index (χ0n) is 20.0. The highest BCUT2D eigenvalue weighted by molar-refractivity contribution is 6.30. The third-order valence-corrected chi connectivity index (χ3v) is 5.61. The average molecular weight is 534 g/mol. The van der Waals surface area contributed by atoms with Crippen molar-refractivity contribution in [1.82, 2.24) is 24.1 Å². The van der Waals surface area contributed by atoms with E-state index in [1.807, 2.05) is 6.07 Å². The van der Waals surface area contributed by atoms with Gasteiger partial charge in [0, 0.05) is 23.3 Å². The molecule has 13 heteroatoms. The van der Waals surface area contributed by atoms with E-state index in [0.717, 1.165) is 16.5 Å². The van der Waals surface area contributed by atoms with E-state index in [4.69, 9.17) is 26.7 Å². The SMILES string of the molecule is Cc1cc(Nc2nc(=O)n(CCC#N)c(=O)n2Cc2ccc(Cl)cc2)ccc1Oc1cc(C(=O)O)ncn1. The molecule has 0 radical (unpaired) electrons. The molecule has 0 saturated carbocycles. The lowest BCUT2D eigenvalue weighted by molar-refractivity contribution is 0.0689. The van der Waals surface area contributed by atoms with Gasteiger partial charge < -0.3 is 15.2 Å². The van der Waals surface area contributed by atoms with Crippen molar-refractivity contribution in [3.63, 3.8) is 0 Å². The monoisotopic (exact) mass is 533 g/mol. The van der Waals surface area contributed by atoms with Gasteiger partial charge in [0.15, 0.2) is 5.69 Å². The summed E-state index contributed by atoms with van der Waals surface area (Å²) < 4.78 is 7.92. The van der Waals surface area contributed by atoms with E-state index >= 15 is 0 Å². The van der Waals surface area contributed by atoms with Crippen LogP contribution in [0.5, 0.6) is 11.6 Å². The molecule has 0 unspecified atom stereocenters. The van der Waals surface area contributed by atoms with E-state index in [1.54, 1.807) is 49.4 Å². The molecule has 0 amide bonds. The Balaban J connectivity index is 1.66. The molecule has 12 nitrogen and oxygen atoms in total. The number of carbonyl (C=O) groups is 1. The number of hydrogen-bond donors (Lipinski definition) is 2. The minimum Gasteiger partial charge on any atom is -0.477 e. The molecule has 4 aromatic rings. The topological polar surface area (TPSA) is 165 Å². The first-order valence-electron chi connectivity index (χ1n) is 11.2. The molecule has 2 heterocycles. The first kappa shape index (κ1) is 26.1. The smallest absolute Gasteiger partial charge is 0.354 e. The van der Waals surface area contributed by atoms with Crippen molar-refractivity contribution in [1.29, 1.82) is 5.26 Å². The average Bonchev–Trinajstić information content (AvgIpc) is 2.89. The number of halogens is 1. The molecule has 0 fully saturated rings. The Labute approximate surface area is 220 Å². The molecule has 0 aliphatic rings. The van der Waals surface area contributed by atoms with Gasteiger partial charge in [0.2, 0.25) is 11.8 Å². The quantitative estimate of drug-likeness (QED) is 0.326. The summed E-state index contributed by atoms with van der Waals surface area (Å²) in [4.78, 5) is 48.6. The maximum absolute atomic E-state index is 13.2. The van der Waals surface area contributed by atoms with Gasteiger partial charge in [-0.2, -0.15) is 10.2 Å². The minimum absolute atomic E-state index is 0.0122. The summed E-state index contributed by atoms with van der Waals surface area (Å²) in [6.45, 7) is 1.77. The Morgan fingerprint density at radius 2 is 1.89 bits per heavy atom. The summed E-state index contributed by atoms with van der Waals surface area (Å²) in [6, 6.07) is 15.0. The van der Waals surface area contributed by atoms with E-state index in [9.17, 15) is 14.4 Å². The molecule has 0 aliphatic carbocycles. The van der Waals surface area contributed by atoms with Crippen LogP contribution >= 0.6 is 11.6 Å². The van der Waals surface area contributed by atoms with Crippen LogP contribution in [0.4, 0.5) is 11.6 Å². The highest BCUT2D eigenvalue weighted by atomic mass is 35.5. The largest absolute Gasteiger partial charge is 0.477 e. The van der Waals surface area contributed by atoms with Crippen molar-refractivity contribution >= 4 is 29.2 Å². The van der Waals surface area contributed by atoms with E-state index in [-0.39, 0.29) is 37.0 Å². The van der Waals surface area contributed by atoms with Crippen molar-refractivity contribution in [3.8, 4) is 17.7 Å². The number of carboxylic acid groups (broad SMARTS) is 1. The fraction of sp³-hybridized carbons (Fsp3) is 0.160. The number of anilines is 2. The fourth-order valence-electron chi connectivity index (χ4n) is 3.49. The fourth-order valence-corrected chi connectivity index (χ4v) is 3.61. The number of hydrogen-bond acceptors (Lipinski definition) is 9. The lowest BCUT2D eigenvalue weighted by atomic mass is 10.2. The third kappa shape index (κ3) is 6.03. The predicted molar refractivity (Wildman–Crippen MR) is 137 cm³/mol. The standard InChI is InChI=1S/C25H20ClN7O5/c1-15-11-18(7-8-20(15)38-21-12-19(22(34)35)28-14-29-21)30-23-31-24(36)32(10-2-9-27)25(37)33(23)13-16-3-5-17(26)6-4-16/h3-8,11-12,14H,2,10,13H2,1H3,(H,34,35)(H,30,31,36). The number of nitriles is 1. The molecule has 2 aromatic carbocycles. The Kier molecular flexibility index (Phi) is 7.79. The van der Waals surface area contributed by atoms with Crippen LogP contribution in [0.2, 0.25) is 5.02 Å².